The standard InChI is InChI=1S/C20H17N7O/c1-26-11-13(9-23-26)15-7-17(25-20(22)16(15)8-21)14-10-24-27(12-14)18-5-3-4-6-19(18)28-2/h3-7,9-12H,1-2H3,(H2,22,25). The van der Waals surface area contributed by atoms with Crippen LogP contribution in [0.4, 0.5) is 5.82 Å². The average Bonchev–Trinajstić information content (AvgIpc) is 3.36. The van der Waals surface area contributed by atoms with E-state index in [1.54, 1.807) is 28.9 Å². The summed E-state index contributed by atoms with van der Waals surface area (Å²) in [6, 6.07) is 11.6. The molecule has 0 unspecified atom stereocenters. The molecule has 8 heteroatoms. The van der Waals surface area contributed by atoms with Gasteiger partial charge in [-0.2, -0.15) is 15.5 Å². The lowest BCUT2D eigenvalue weighted by atomic mass is 10.0. The third-order valence-electron chi connectivity index (χ3n) is 4.39. The SMILES string of the molecule is COc1ccccc1-n1cc(-c2cc(-c3cnn(C)c3)c(C#N)c(N)n2)cn1. The van der Waals surface area contributed by atoms with E-state index in [9.17, 15) is 5.26 Å². The maximum atomic E-state index is 9.51. The van der Waals surface area contributed by atoms with Gasteiger partial charge in [0.15, 0.2) is 0 Å². The lowest BCUT2D eigenvalue weighted by Crippen LogP contribution is -1.99. The number of benzene rings is 1. The minimum Gasteiger partial charge on any atom is -0.494 e. The Balaban J connectivity index is 1.82. The maximum Gasteiger partial charge on any atom is 0.144 e. The molecule has 3 aromatic heterocycles. The summed E-state index contributed by atoms with van der Waals surface area (Å²) in [6.45, 7) is 0. The van der Waals surface area contributed by atoms with Crippen molar-refractivity contribution in [2.24, 2.45) is 7.05 Å². The van der Waals surface area contributed by atoms with Gasteiger partial charge in [-0.3, -0.25) is 4.68 Å². The molecule has 0 atom stereocenters. The molecule has 0 amide bonds. The van der Waals surface area contributed by atoms with Gasteiger partial charge in [-0.25, -0.2) is 9.67 Å². The molecular weight excluding hydrogens is 354 g/mol. The fourth-order valence-electron chi connectivity index (χ4n) is 3.02. The Bertz CT molecular complexity index is 1200. The number of nitrogens with zero attached hydrogens (tertiary/aromatic N) is 6. The maximum absolute atomic E-state index is 9.51. The molecule has 0 bridgehead atoms. The molecule has 4 aromatic rings. The van der Waals surface area contributed by atoms with Crippen LogP contribution in [0.25, 0.3) is 28.1 Å². The van der Waals surface area contributed by atoms with E-state index in [0.29, 0.717) is 22.6 Å². The van der Waals surface area contributed by atoms with Gasteiger partial charge in [0.25, 0.3) is 0 Å². The lowest BCUT2D eigenvalue weighted by molar-refractivity contribution is 0.411. The van der Waals surface area contributed by atoms with Crippen molar-refractivity contribution in [3.8, 4) is 39.9 Å². The number of para-hydroxylation sites is 2. The molecule has 0 spiro atoms. The van der Waals surface area contributed by atoms with Crippen LogP contribution in [-0.4, -0.2) is 31.7 Å². The van der Waals surface area contributed by atoms with Crippen LogP contribution >= 0.6 is 0 Å². The van der Waals surface area contributed by atoms with Crippen LogP contribution in [0.15, 0.2) is 55.1 Å². The Hall–Kier alpha value is -4.12. The predicted octanol–water partition coefficient (Wildman–Crippen LogP) is 2.80. The predicted molar refractivity (Wildman–Crippen MR) is 105 cm³/mol. The number of nitrogen functional groups attached to an aromatic ring is 1. The van der Waals surface area contributed by atoms with Gasteiger partial charge in [-0.1, -0.05) is 12.1 Å². The highest BCUT2D eigenvalue weighted by molar-refractivity contribution is 5.79. The lowest BCUT2D eigenvalue weighted by Gasteiger charge is -2.08. The van der Waals surface area contributed by atoms with Crippen LogP contribution in [0.1, 0.15) is 5.56 Å². The molecule has 0 radical (unpaired) electrons. The van der Waals surface area contributed by atoms with E-state index in [-0.39, 0.29) is 5.82 Å². The van der Waals surface area contributed by atoms with Crippen LogP contribution in [0, 0.1) is 11.3 Å². The number of pyridine rings is 1. The summed E-state index contributed by atoms with van der Waals surface area (Å²) >= 11 is 0. The largest absolute Gasteiger partial charge is 0.494 e. The van der Waals surface area contributed by atoms with Gasteiger partial charge in [-0.15, -0.1) is 0 Å². The molecule has 2 N–H and O–H groups in total. The molecule has 0 fully saturated rings. The first-order valence-corrected chi connectivity index (χ1v) is 8.48. The van der Waals surface area contributed by atoms with E-state index in [4.69, 9.17) is 10.5 Å². The van der Waals surface area contributed by atoms with Gasteiger partial charge >= 0.3 is 0 Å². The molecule has 4 rings (SSSR count). The van der Waals surface area contributed by atoms with Crippen molar-refractivity contribution in [1.82, 2.24) is 24.5 Å². The summed E-state index contributed by atoms with van der Waals surface area (Å²) in [5.74, 6) is 0.879. The van der Waals surface area contributed by atoms with Gasteiger partial charge in [0.2, 0.25) is 0 Å². The normalized spacial score (nSPS) is 10.6. The van der Waals surface area contributed by atoms with Crippen LogP contribution in [0.5, 0.6) is 5.75 Å². The van der Waals surface area contributed by atoms with E-state index in [2.05, 4.69) is 21.3 Å². The number of hydrogen-bond acceptors (Lipinski definition) is 6. The highest BCUT2D eigenvalue weighted by Gasteiger charge is 2.16. The number of aryl methyl sites for hydroxylation is 1. The van der Waals surface area contributed by atoms with Gasteiger partial charge in [-0.05, 0) is 18.2 Å². The molecule has 0 saturated heterocycles. The van der Waals surface area contributed by atoms with Crippen molar-refractivity contribution in [1.29, 1.82) is 5.26 Å². The Morgan fingerprint density at radius 1 is 1.11 bits per heavy atom. The highest BCUT2D eigenvalue weighted by atomic mass is 16.5. The van der Waals surface area contributed by atoms with Crippen molar-refractivity contribution in [3.05, 3.63) is 60.7 Å². The minimum absolute atomic E-state index is 0.170. The van der Waals surface area contributed by atoms with Crippen LogP contribution in [0.2, 0.25) is 0 Å². The molecular formula is C20H17N7O. The summed E-state index contributed by atoms with van der Waals surface area (Å²) in [5, 5.41) is 18.1. The highest BCUT2D eigenvalue weighted by Crippen LogP contribution is 2.31. The molecule has 0 aliphatic rings. The number of nitriles is 1. The van der Waals surface area contributed by atoms with Gasteiger partial charge in [0.05, 0.1) is 25.2 Å². The molecule has 138 valence electrons. The number of rotatable bonds is 4. The zero-order valence-corrected chi connectivity index (χ0v) is 15.4. The van der Waals surface area contributed by atoms with E-state index in [0.717, 1.165) is 16.8 Å². The van der Waals surface area contributed by atoms with Crippen molar-refractivity contribution in [2.45, 2.75) is 0 Å². The zero-order chi connectivity index (χ0) is 19.7. The summed E-state index contributed by atoms with van der Waals surface area (Å²) in [7, 11) is 3.44. The van der Waals surface area contributed by atoms with Gasteiger partial charge in [0, 0.05) is 36.1 Å². The molecule has 28 heavy (non-hydrogen) atoms. The zero-order valence-electron chi connectivity index (χ0n) is 15.4. The van der Waals surface area contributed by atoms with Crippen LogP contribution in [-0.2, 0) is 7.05 Å². The van der Waals surface area contributed by atoms with E-state index in [1.807, 2.05) is 49.8 Å². The summed E-state index contributed by atoms with van der Waals surface area (Å²) in [5.41, 5.74) is 10.1. The Morgan fingerprint density at radius 3 is 2.61 bits per heavy atom. The quantitative estimate of drug-likeness (QED) is 0.591. The minimum atomic E-state index is 0.170. The number of ether oxygens (including phenoxy) is 1. The van der Waals surface area contributed by atoms with Crippen LogP contribution < -0.4 is 10.5 Å². The second-order valence-corrected chi connectivity index (χ2v) is 6.18. The van der Waals surface area contributed by atoms with Gasteiger partial charge < -0.3 is 10.5 Å². The summed E-state index contributed by atoms with van der Waals surface area (Å²) < 4.78 is 8.79. The molecule has 0 saturated carbocycles. The summed E-state index contributed by atoms with van der Waals surface area (Å²) in [4.78, 5) is 4.40. The van der Waals surface area contributed by atoms with Crippen molar-refractivity contribution < 1.29 is 4.74 Å². The van der Waals surface area contributed by atoms with E-state index >= 15 is 0 Å². The topological polar surface area (TPSA) is 108 Å². The van der Waals surface area contributed by atoms with Crippen molar-refractivity contribution >= 4 is 5.82 Å². The van der Waals surface area contributed by atoms with Gasteiger partial charge in [0.1, 0.15) is 28.9 Å². The molecule has 1 aromatic carbocycles. The molecule has 0 aliphatic carbocycles. The third-order valence-corrected chi connectivity index (χ3v) is 4.39. The second-order valence-electron chi connectivity index (χ2n) is 6.18. The average molecular weight is 371 g/mol. The number of nitrogens with two attached hydrogens (primary N) is 1. The first-order chi connectivity index (χ1) is 13.6. The molecule has 3 heterocycles. The monoisotopic (exact) mass is 371 g/mol. The number of methoxy groups -OCH3 is 1. The Kier molecular flexibility index (Phi) is 4.26. The van der Waals surface area contributed by atoms with E-state index < -0.39 is 0 Å². The fourth-order valence-corrected chi connectivity index (χ4v) is 3.02. The molecule has 8 nitrogen and oxygen atoms in total. The van der Waals surface area contributed by atoms with Crippen LogP contribution in [0.3, 0.4) is 0 Å². The van der Waals surface area contributed by atoms with Crippen molar-refractivity contribution in [2.75, 3.05) is 12.8 Å². The second kappa shape index (κ2) is 6.89. The fraction of sp³-hybridized carbons (Fsp3) is 0.100. The third kappa shape index (κ3) is 2.95. The van der Waals surface area contributed by atoms with E-state index in [1.165, 1.54) is 0 Å². The smallest absolute Gasteiger partial charge is 0.144 e. The number of hydrogen-bond donors (Lipinski definition) is 1. The Morgan fingerprint density at radius 2 is 1.89 bits per heavy atom. The summed E-state index contributed by atoms with van der Waals surface area (Å²) in [6.07, 6.45) is 7.07. The van der Waals surface area contributed by atoms with Crippen molar-refractivity contribution in [3.63, 3.8) is 0 Å². The Labute approximate surface area is 161 Å². The first-order valence-electron chi connectivity index (χ1n) is 8.48. The molecule has 0 aliphatic heterocycles. The number of anilines is 1. The number of aromatic nitrogens is 5. The first kappa shape index (κ1) is 17.3.